The van der Waals surface area contributed by atoms with E-state index in [1.54, 1.807) is 6.92 Å². The summed E-state index contributed by atoms with van der Waals surface area (Å²) in [6.45, 7) is 2.21. The Bertz CT molecular complexity index is 215. The summed E-state index contributed by atoms with van der Waals surface area (Å²) in [5, 5.41) is 0. The van der Waals surface area contributed by atoms with Gasteiger partial charge in [-0.3, -0.25) is 4.79 Å². The van der Waals surface area contributed by atoms with E-state index in [0.29, 0.717) is 6.61 Å². The third-order valence-electron chi connectivity index (χ3n) is 2.93. The molecule has 2 rings (SSSR count). The summed E-state index contributed by atoms with van der Waals surface area (Å²) in [6.07, 6.45) is 4.79. The largest absolute Gasteiger partial charge is 0.466 e. The molecule has 1 saturated carbocycles. The highest BCUT2D eigenvalue weighted by Gasteiger charge is 2.38. The van der Waals surface area contributed by atoms with E-state index in [1.165, 1.54) is 12.8 Å². The molecule has 0 radical (unpaired) electrons. The molecule has 1 saturated heterocycles. The molecule has 0 bridgehead atoms. The molecule has 2 unspecified atom stereocenters. The highest BCUT2D eigenvalue weighted by Crippen LogP contribution is 2.32. The van der Waals surface area contributed by atoms with Crippen LogP contribution in [-0.2, 0) is 19.0 Å². The average Bonchev–Trinajstić information content (AvgIpc) is 2.59. The lowest BCUT2D eigenvalue weighted by Gasteiger charge is -2.21. The van der Waals surface area contributed by atoms with Gasteiger partial charge in [-0.2, -0.15) is 0 Å². The summed E-state index contributed by atoms with van der Waals surface area (Å²) < 4.78 is 16.2. The van der Waals surface area contributed by atoms with E-state index in [4.69, 9.17) is 14.2 Å². The predicted octanol–water partition coefficient (Wildman–Crippen LogP) is 1.62. The van der Waals surface area contributed by atoms with Crippen LogP contribution in [0, 0.1) is 0 Å². The molecular formula is C11H18O4. The number of ether oxygens (including phenoxy) is 3. The molecule has 4 heteroatoms. The van der Waals surface area contributed by atoms with Crippen molar-refractivity contribution in [3.05, 3.63) is 0 Å². The van der Waals surface area contributed by atoms with Gasteiger partial charge < -0.3 is 14.2 Å². The number of carbonyl (C=O) groups is 1. The summed E-state index contributed by atoms with van der Waals surface area (Å²) in [5.41, 5.74) is 0. The molecule has 4 nitrogen and oxygen atoms in total. The van der Waals surface area contributed by atoms with E-state index < -0.39 is 0 Å². The van der Waals surface area contributed by atoms with Crippen molar-refractivity contribution < 1.29 is 19.0 Å². The third kappa shape index (κ3) is 2.69. The van der Waals surface area contributed by atoms with Crippen LogP contribution in [0.2, 0.25) is 0 Å². The first-order valence-corrected chi connectivity index (χ1v) is 5.76. The number of esters is 1. The third-order valence-corrected chi connectivity index (χ3v) is 2.93. The van der Waals surface area contributed by atoms with E-state index in [-0.39, 0.29) is 30.9 Å². The summed E-state index contributed by atoms with van der Waals surface area (Å²) >= 11 is 0. The second kappa shape index (κ2) is 4.94. The molecule has 0 N–H and O–H groups in total. The van der Waals surface area contributed by atoms with Crippen LogP contribution in [0.5, 0.6) is 0 Å². The Morgan fingerprint density at radius 1 is 1.27 bits per heavy atom. The molecule has 1 aliphatic heterocycles. The molecule has 0 aromatic heterocycles. The molecular weight excluding hydrogens is 196 g/mol. The van der Waals surface area contributed by atoms with Crippen molar-refractivity contribution in [1.29, 1.82) is 0 Å². The van der Waals surface area contributed by atoms with Gasteiger partial charge in [-0.05, 0) is 19.8 Å². The van der Waals surface area contributed by atoms with Crippen LogP contribution in [0.1, 0.15) is 39.0 Å². The summed E-state index contributed by atoms with van der Waals surface area (Å²) in [7, 11) is 0. The summed E-state index contributed by atoms with van der Waals surface area (Å²) in [6, 6.07) is 0. The Morgan fingerprint density at radius 3 is 2.40 bits per heavy atom. The van der Waals surface area contributed by atoms with Crippen molar-refractivity contribution in [2.24, 2.45) is 0 Å². The molecule has 0 aromatic rings. The second-order valence-electron chi connectivity index (χ2n) is 4.07. The molecule has 0 amide bonds. The number of fused-ring (bicyclic) bond motifs is 1. The van der Waals surface area contributed by atoms with Gasteiger partial charge in [-0.25, -0.2) is 0 Å². The van der Waals surface area contributed by atoms with Gasteiger partial charge in [0, 0.05) is 0 Å². The van der Waals surface area contributed by atoms with E-state index >= 15 is 0 Å². The van der Waals surface area contributed by atoms with Gasteiger partial charge in [-0.1, -0.05) is 12.8 Å². The van der Waals surface area contributed by atoms with Crippen LogP contribution in [0.25, 0.3) is 0 Å². The van der Waals surface area contributed by atoms with Crippen LogP contribution in [-0.4, -0.2) is 31.1 Å². The lowest BCUT2D eigenvalue weighted by Crippen LogP contribution is -2.25. The fraction of sp³-hybridized carbons (Fsp3) is 0.909. The Balaban J connectivity index is 1.78. The molecule has 0 aromatic carbocycles. The minimum Gasteiger partial charge on any atom is -0.466 e. The highest BCUT2D eigenvalue weighted by atomic mass is 16.7. The zero-order chi connectivity index (χ0) is 10.7. The van der Waals surface area contributed by atoms with Crippen LogP contribution >= 0.6 is 0 Å². The van der Waals surface area contributed by atoms with Gasteiger partial charge in [0.2, 0.25) is 0 Å². The van der Waals surface area contributed by atoms with Crippen LogP contribution in [0.15, 0.2) is 0 Å². The molecule has 2 atom stereocenters. The highest BCUT2D eigenvalue weighted by molar-refractivity contribution is 5.69. The standard InChI is InChI=1S/C11H18O4/c1-2-13-10(12)7-11-14-8-5-3-4-6-9(8)15-11/h8-9,11H,2-7H2,1H3. The monoisotopic (exact) mass is 214 g/mol. The van der Waals surface area contributed by atoms with Crippen molar-refractivity contribution in [3.8, 4) is 0 Å². The zero-order valence-electron chi connectivity index (χ0n) is 9.11. The molecule has 15 heavy (non-hydrogen) atoms. The SMILES string of the molecule is CCOC(=O)CC1OC2CCCCC2O1. The van der Waals surface area contributed by atoms with Crippen molar-refractivity contribution in [2.75, 3.05) is 6.61 Å². The Kier molecular flexibility index (Phi) is 3.59. The van der Waals surface area contributed by atoms with Crippen molar-refractivity contribution in [2.45, 2.75) is 57.5 Å². The van der Waals surface area contributed by atoms with Crippen LogP contribution in [0.4, 0.5) is 0 Å². The molecule has 0 spiro atoms. The first-order chi connectivity index (χ1) is 7.29. The van der Waals surface area contributed by atoms with Gasteiger partial charge >= 0.3 is 5.97 Å². The molecule has 2 fully saturated rings. The van der Waals surface area contributed by atoms with Gasteiger partial charge in [0.25, 0.3) is 0 Å². The van der Waals surface area contributed by atoms with Crippen LogP contribution in [0.3, 0.4) is 0 Å². The summed E-state index contributed by atoms with van der Waals surface area (Å²) in [4.78, 5) is 11.2. The molecule has 1 aliphatic carbocycles. The number of hydrogen-bond acceptors (Lipinski definition) is 4. The fourth-order valence-electron chi connectivity index (χ4n) is 2.25. The molecule has 86 valence electrons. The maximum atomic E-state index is 11.2. The lowest BCUT2D eigenvalue weighted by molar-refractivity contribution is -0.153. The van der Waals surface area contributed by atoms with Crippen molar-refractivity contribution in [1.82, 2.24) is 0 Å². The Morgan fingerprint density at radius 2 is 1.87 bits per heavy atom. The van der Waals surface area contributed by atoms with E-state index in [2.05, 4.69) is 0 Å². The average molecular weight is 214 g/mol. The van der Waals surface area contributed by atoms with Gasteiger partial charge in [0.05, 0.1) is 25.2 Å². The number of hydrogen-bond donors (Lipinski definition) is 0. The van der Waals surface area contributed by atoms with E-state index in [0.717, 1.165) is 12.8 Å². The van der Waals surface area contributed by atoms with E-state index in [1.807, 2.05) is 0 Å². The number of carbonyl (C=O) groups excluding carboxylic acids is 1. The van der Waals surface area contributed by atoms with E-state index in [9.17, 15) is 4.79 Å². The first-order valence-electron chi connectivity index (χ1n) is 5.76. The first kappa shape index (κ1) is 10.9. The second-order valence-corrected chi connectivity index (χ2v) is 4.07. The van der Waals surface area contributed by atoms with Crippen molar-refractivity contribution in [3.63, 3.8) is 0 Å². The predicted molar refractivity (Wildman–Crippen MR) is 53.3 cm³/mol. The summed E-state index contributed by atoms with van der Waals surface area (Å²) in [5.74, 6) is -0.235. The van der Waals surface area contributed by atoms with Crippen molar-refractivity contribution >= 4 is 5.97 Å². The fourth-order valence-corrected chi connectivity index (χ4v) is 2.25. The maximum absolute atomic E-state index is 11.2. The zero-order valence-corrected chi connectivity index (χ0v) is 9.11. The normalized spacial score (nSPS) is 34.9. The Labute approximate surface area is 89.9 Å². The minimum absolute atomic E-state index is 0.207. The Hall–Kier alpha value is -0.610. The minimum atomic E-state index is -0.378. The molecule has 1 heterocycles. The quantitative estimate of drug-likeness (QED) is 0.670. The molecule has 2 aliphatic rings. The lowest BCUT2D eigenvalue weighted by atomic mass is 9.95. The van der Waals surface area contributed by atoms with Crippen LogP contribution < -0.4 is 0 Å². The smallest absolute Gasteiger partial charge is 0.310 e. The topological polar surface area (TPSA) is 44.8 Å². The van der Waals surface area contributed by atoms with Gasteiger partial charge in [0.1, 0.15) is 0 Å². The maximum Gasteiger partial charge on any atom is 0.310 e. The number of rotatable bonds is 3. The van der Waals surface area contributed by atoms with Gasteiger partial charge in [-0.15, -0.1) is 0 Å². The van der Waals surface area contributed by atoms with Gasteiger partial charge in [0.15, 0.2) is 6.29 Å².